The summed E-state index contributed by atoms with van der Waals surface area (Å²) in [6.07, 6.45) is 6.08. The Morgan fingerprint density at radius 1 is 1.08 bits per heavy atom. The molecule has 0 spiro atoms. The number of nitrogens with zero attached hydrogens (tertiary/aromatic N) is 1. The molecule has 1 N–H and O–H groups in total. The van der Waals surface area contributed by atoms with Gasteiger partial charge in [0.25, 0.3) is 0 Å². The van der Waals surface area contributed by atoms with Crippen LogP contribution in [0.1, 0.15) is 11.3 Å². The summed E-state index contributed by atoms with van der Waals surface area (Å²) in [6.45, 7) is -0.0460. The minimum Gasteiger partial charge on any atom is -0.395 e. The van der Waals surface area contributed by atoms with E-state index in [1.807, 2.05) is 12.2 Å². The molecule has 0 aliphatic heterocycles. The smallest absolute Gasteiger partial charge is 0.175 e. The van der Waals surface area contributed by atoms with E-state index in [2.05, 4.69) is 4.98 Å². The van der Waals surface area contributed by atoms with Crippen LogP contribution in [0.15, 0.2) is 59.6 Å². The Bertz CT molecular complexity index is 914. The number of pyridine rings is 1. The lowest BCUT2D eigenvalue weighted by molar-refractivity contribution is 0.275. The van der Waals surface area contributed by atoms with Crippen LogP contribution >= 0.6 is 0 Å². The van der Waals surface area contributed by atoms with Crippen molar-refractivity contribution in [1.29, 1.82) is 0 Å². The molecule has 1 atom stereocenters. The van der Waals surface area contributed by atoms with Crippen LogP contribution < -0.4 is 0 Å². The molecule has 0 amide bonds. The molecule has 3 rings (SSSR count). The van der Waals surface area contributed by atoms with Gasteiger partial charge in [-0.25, -0.2) is 12.8 Å². The maximum Gasteiger partial charge on any atom is 0.175 e. The maximum atomic E-state index is 13.1. The Hall–Kier alpha value is -2.31. The predicted octanol–water partition coefficient (Wildman–Crippen LogP) is 2.71. The Labute approximate surface area is 139 Å². The standard InChI is InChI=1S/C18H16FNO3S/c1-24(22,23)15-5-2-13(3-6-15)16-8-12(11-21)9-17(16)18-7-4-14(19)10-20-18/h2-10,12,21H,11H2,1H3. The van der Waals surface area contributed by atoms with Crippen LogP contribution in [-0.2, 0) is 9.84 Å². The largest absolute Gasteiger partial charge is 0.395 e. The number of rotatable bonds is 4. The van der Waals surface area contributed by atoms with Gasteiger partial charge in [0.2, 0.25) is 0 Å². The molecule has 24 heavy (non-hydrogen) atoms. The zero-order valence-corrected chi connectivity index (χ0v) is 13.8. The molecule has 2 aromatic rings. The molecule has 0 saturated carbocycles. The van der Waals surface area contributed by atoms with Gasteiger partial charge in [-0.1, -0.05) is 24.3 Å². The van der Waals surface area contributed by atoms with Crippen molar-refractivity contribution >= 4 is 21.0 Å². The Kier molecular flexibility index (Phi) is 4.34. The summed E-state index contributed by atoms with van der Waals surface area (Å²) < 4.78 is 36.3. The number of sulfone groups is 1. The van der Waals surface area contributed by atoms with E-state index in [-0.39, 0.29) is 17.4 Å². The third-order valence-corrected chi connectivity index (χ3v) is 4.99. The van der Waals surface area contributed by atoms with E-state index >= 15 is 0 Å². The fourth-order valence-corrected chi connectivity index (χ4v) is 3.28. The molecule has 1 heterocycles. The van der Waals surface area contributed by atoms with E-state index in [9.17, 15) is 17.9 Å². The van der Waals surface area contributed by atoms with Gasteiger partial charge >= 0.3 is 0 Å². The summed E-state index contributed by atoms with van der Waals surface area (Å²) >= 11 is 0. The number of halogens is 1. The number of aliphatic hydroxyl groups is 1. The number of hydrogen-bond donors (Lipinski definition) is 1. The lowest BCUT2D eigenvalue weighted by atomic mass is 9.98. The van der Waals surface area contributed by atoms with E-state index < -0.39 is 15.7 Å². The van der Waals surface area contributed by atoms with Gasteiger partial charge in [0.15, 0.2) is 9.84 Å². The summed E-state index contributed by atoms with van der Waals surface area (Å²) in [7, 11) is -3.26. The van der Waals surface area contributed by atoms with Crippen molar-refractivity contribution in [2.24, 2.45) is 5.92 Å². The fourth-order valence-electron chi connectivity index (χ4n) is 2.65. The van der Waals surface area contributed by atoms with Crippen molar-refractivity contribution in [3.05, 3.63) is 71.8 Å². The maximum absolute atomic E-state index is 13.1. The van der Waals surface area contributed by atoms with Crippen LogP contribution in [0.4, 0.5) is 4.39 Å². The van der Waals surface area contributed by atoms with E-state index in [1.54, 1.807) is 30.3 Å². The highest BCUT2D eigenvalue weighted by Crippen LogP contribution is 2.37. The lowest BCUT2D eigenvalue weighted by Gasteiger charge is -2.09. The average Bonchev–Trinajstić information content (AvgIpc) is 2.99. The number of aromatic nitrogens is 1. The van der Waals surface area contributed by atoms with Gasteiger partial charge in [-0.3, -0.25) is 4.98 Å². The van der Waals surface area contributed by atoms with E-state index in [0.29, 0.717) is 5.69 Å². The molecule has 0 fully saturated rings. The zero-order chi connectivity index (χ0) is 17.3. The van der Waals surface area contributed by atoms with Gasteiger partial charge in [-0.2, -0.15) is 0 Å². The fraction of sp³-hybridized carbons (Fsp3) is 0.167. The highest BCUT2D eigenvalue weighted by Gasteiger charge is 2.21. The van der Waals surface area contributed by atoms with Crippen molar-refractivity contribution in [3.8, 4) is 0 Å². The summed E-state index contributed by atoms with van der Waals surface area (Å²) in [5.74, 6) is -0.574. The predicted molar refractivity (Wildman–Crippen MR) is 90.3 cm³/mol. The molecule has 1 aromatic carbocycles. The number of allylic oxidation sites excluding steroid dienone is 2. The lowest BCUT2D eigenvalue weighted by Crippen LogP contribution is -1.97. The topological polar surface area (TPSA) is 67.3 Å². The van der Waals surface area contributed by atoms with Gasteiger partial charge in [0.05, 0.1) is 23.4 Å². The molecule has 1 aliphatic rings. The van der Waals surface area contributed by atoms with Gasteiger partial charge in [0.1, 0.15) is 5.82 Å². The second-order valence-corrected chi connectivity index (χ2v) is 7.68. The van der Waals surface area contributed by atoms with Crippen molar-refractivity contribution in [2.75, 3.05) is 12.9 Å². The molecule has 0 saturated heterocycles. The molecular weight excluding hydrogens is 329 g/mol. The minimum atomic E-state index is -3.26. The molecule has 1 unspecified atom stereocenters. The highest BCUT2D eigenvalue weighted by molar-refractivity contribution is 7.90. The van der Waals surface area contributed by atoms with E-state index in [0.717, 1.165) is 29.2 Å². The Morgan fingerprint density at radius 2 is 1.75 bits per heavy atom. The second-order valence-electron chi connectivity index (χ2n) is 5.67. The van der Waals surface area contributed by atoms with E-state index in [4.69, 9.17) is 0 Å². The van der Waals surface area contributed by atoms with Gasteiger partial charge < -0.3 is 5.11 Å². The Morgan fingerprint density at radius 3 is 2.29 bits per heavy atom. The van der Waals surface area contributed by atoms with Crippen LogP contribution in [0, 0.1) is 11.7 Å². The first-order valence-electron chi connectivity index (χ1n) is 7.36. The molecule has 1 aliphatic carbocycles. The molecule has 0 radical (unpaired) electrons. The molecule has 4 nitrogen and oxygen atoms in total. The molecule has 6 heteroatoms. The summed E-state index contributed by atoms with van der Waals surface area (Å²) in [5, 5.41) is 9.44. The summed E-state index contributed by atoms with van der Waals surface area (Å²) in [4.78, 5) is 4.34. The number of aliphatic hydroxyl groups excluding tert-OH is 1. The Balaban J connectivity index is 2.01. The van der Waals surface area contributed by atoms with Crippen LogP contribution in [0.2, 0.25) is 0 Å². The van der Waals surface area contributed by atoms with Crippen LogP contribution in [0.3, 0.4) is 0 Å². The highest BCUT2D eigenvalue weighted by atomic mass is 32.2. The number of hydrogen-bond acceptors (Lipinski definition) is 4. The molecule has 0 bridgehead atoms. The first-order valence-corrected chi connectivity index (χ1v) is 9.25. The first-order chi connectivity index (χ1) is 11.4. The molecule has 1 aromatic heterocycles. The summed E-state index contributed by atoms with van der Waals surface area (Å²) in [5.41, 5.74) is 3.05. The normalized spacial score (nSPS) is 17.5. The van der Waals surface area contributed by atoms with Crippen LogP contribution in [-0.4, -0.2) is 31.4 Å². The van der Waals surface area contributed by atoms with Crippen molar-refractivity contribution in [1.82, 2.24) is 4.98 Å². The monoisotopic (exact) mass is 345 g/mol. The zero-order valence-electron chi connectivity index (χ0n) is 13.0. The molecular formula is C18H16FNO3S. The quantitative estimate of drug-likeness (QED) is 0.925. The van der Waals surface area contributed by atoms with Gasteiger partial charge in [0, 0.05) is 17.7 Å². The first kappa shape index (κ1) is 16.5. The number of benzene rings is 1. The SMILES string of the molecule is CS(=O)(=O)c1ccc(C2=CC(CO)C=C2c2ccc(F)cn2)cc1. The molecule has 124 valence electrons. The average molecular weight is 345 g/mol. The summed E-state index contributed by atoms with van der Waals surface area (Å²) in [6, 6.07) is 9.46. The van der Waals surface area contributed by atoms with Crippen molar-refractivity contribution in [2.45, 2.75) is 4.90 Å². The van der Waals surface area contributed by atoms with Crippen LogP contribution in [0.25, 0.3) is 11.1 Å². The van der Waals surface area contributed by atoms with Gasteiger partial charge in [-0.15, -0.1) is 0 Å². The third kappa shape index (κ3) is 3.29. The third-order valence-electron chi connectivity index (χ3n) is 3.86. The van der Waals surface area contributed by atoms with Gasteiger partial charge in [-0.05, 0) is 35.4 Å². The van der Waals surface area contributed by atoms with E-state index in [1.165, 1.54) is 6.07 Å². The van der Waals surface area contributed by atoms with Crippen molar-refractivity contribution in [3.63, 3.8) is 0 Å². The van der Waals surface area contributed by atoms with Crippen molar-refractivity contribution < 1.29 is 17.9 Å². The van der Waals surface area contributed by atoms with Crippen LogP contribution in [0.5, 0.6) is 0 Å². The minimum absolute atomic E-state index is 0.0460. The second kappa shape index (κ2) is 6.30.